The van der Waals surface area contributed by atoms with Gasteiger partial charge in [0.2, 0.25) is 0 Å². The molecule has 0 saturated carbocycles. The van der Waals surface area contributed by atoms with E-state index in [1.807, 2.05) is 6.07 Å². The predicted octanol–water partition coefficient (Wildman–Crippen LogP) is 1.65. The summed E-state index contributed by atoms with van der Waals surface area (Å²) in [5, 5.41) is 8.73. The highest BCUT2D eigenvalue weighted by molar-refractivity contribution is 7.90. The molecule has 0 saturated heterocycles. The Hall–Kier alpha value is -2.46. The van der Waals surface area contributed by atoms with Crippen molar-refractivity contribution in [2.24, 2.45) is 0 Å². The highest BCUT2D eigenvalue weighted by Gasteiger charge is 2.19. The Kier molecular flexibility index (Phi) is 3.68. The fraction of sp³-hybridized carbons (Fsp3) is 0.0769. The summed E-state index contributed by atoms with van der Waals surface area (Å²) in [5.41, 5.74) is 5.94. The molecule has 1 aromatic carbocycles. The maximum absolute atomic E-state index is 12.9. The average molecular weight is 291 g/mol. The molecule has 0 bridgehead atoms. The van der Waals surface area contributed by atoms with Crippen molar-refractivity contribution < 1.29 is 12.8 Å². The molecule has 0 aliphatic rings. The minimum atomic E-state index is -3.71. The quantitative estimate of drug-likeness (QED) is 0.685. The molecule has 20 heavy (non-hydrogen) atoms. The Bertz CT molecular complexity index is 798. The molecule has 2 N–H and O–H groups in total. The summed E-state index contributed by atoms with van der Waals surface area (Å²) in [6.07, 6.45) is 1.36. The Labute approximate surface area is 115 Å². The predicted molar refractivity (Wildman–Crippen MR) is 70.7 cm³/mol. The fourth-order valence-electron chi connectivity index (χ4n) is 1.72. The van der Waals surface area contributed by atoms with Gasteiger partial charge in [-0.2, -0.15) is 5.26 Å². The van der Waals surface area contributed by atoms with Gasteiger partial charge < -0.3 is 5.73 Å². The molecule has 1 heterocycles. The first kappa shape index (κ1) is 14.0. The van der Waals surface area contributed by atoms with E-state index in [1.165, 1.54) is 18.3 Å². The number of nitriles is 1. The number of benzene rings is 1. The lowest BCUT2D eigenvalue weighted by molar-refractivity contribution is 0.594. The second kappa shape index (κ2) is 5.27. The summed E-state index contributed by atoms with van der Waals surface area (Å²) in [4.78, 5) is 3.63. The van der Waals surface area contributed by atoms with E-state index in [0.717, 1.165) is 18.2 Å². The number of nitrogen functional groups attached to an aromatic ring is 1. The summed E-state index contributed by atoms with van der Waals surface area (Å²) in [7, 11) is -3.71. The van der Waals surface area contributed by atoms with Gasteiger partial charge >= 0.3 is 0 Å². The lowest BCUT2D eigenvalue weighted by Gasteiger charge is -2.07. The van der Waals surface area contributed by atoms with Crippen LogP contribution in [-0.2, 0) is 15.6 Å². The van der Waals surface area contributed by atoms with Crippen LogP contribution in [-0.4, -0.2) is 13.4 Å². The van der Waals surface area contributed by atoms with Gasteiger partial charge in [-0.25, -0.2) is 17.8 Å². The summed E-state index contributed by atoms with van der Waals surface area (Å²) >= 11 is 0. The zero-order valence-corrected chi connectivity index (χ0v) is 11.1. The number of anilines is 1. The molecule has 0 fully saturated rings. The molecule has 0 unspecified atom stereocenters. The monoisotopic (exact) mass is 291 g/mol. The van der Waals surface area contributed by atoms with Crippen molar-refractivity contribution in [2.75, 3.05) is 5.73 Å². The smallest absolute Gasteiger partial charge is 0.184 e. The molecular formula is C13H10FN3O2S. The van der Waals surface area contributed by atoms with Crippen LogP contribution in [0.2, 0.25) is 0 Å². The lowest BCUT2D eigenvalue weighted by Crippen LogP contribution is -2.08. The van der Waals surface area contributed by atoms with Crippen molar-refractivity contribution in [1.29, 1.82) is 5.26 Å². The number of pyridine rings is 1. The van der Waals surface area contributed by atoms with Crippen molar-refractivity contribution in [2.45, 2.75) is 10.6 Å². The van der Waals surface area contributed by atoms with Crippen LogP contribution in [0.15, 0.2) is 41.4 Å². The molecular weight excluding hydrogens is 281 g/mol. The number of nitrogens with two attached hydrogens (primary N) is 1. The number of aromatic nitrogens is 1. The van der Waals surface area contributed by atoms with Gasteiger partial charge in [0.05, 0.1) is 16.3 Å². The van der Waals surface area contributed by atoms with Crippen LogP contribution in [0, 0.1) is 17.1 Å². The zero-order valence-electron chi connectivity index (χ0n) is 10.2. The van der Waals surface area contributed by atoms with Gasteiger partial charge in [0, 0.05) is 6.20 Å². The van der Waals surface area contributed by atoms with Crippen molar-refractivity contribution in [1.82, 2.24) is 4.98 Å². The van der Waals surface area contributed by atoms with Crippen molar-refractivity contribution in [3.8, 4) is 6.07 Å². The number of hydrogen-bond donors (Lipinski definition) is 1. The molecule has 5 nitrogen and oxygen atoms in total. The van der Waals surface area contributed by atoms with E-state index in [-0.39, 0.29) is 22.0 Å². The number of halogens is 1. The molecule has 0 spiro atoms. The summed E-state index contributed by atoms with van der Waals surface area (Å²) < 4.78 is 37.4. The highest BCUT2D eigenvalue weighted by atomic mass is 32.2. The van der Waals surface area contributed by atoms with E-state index in [4.69, 9.17) is 11.0 Å². The highest BCUT2D eigenvalue weighted by Crippen LogP contribution is 2.23. The van der Waals surface area contributed by atoms with Gasteiger partial charge in [-0.3, -0.25) is 0 Å². The van der Waals surface area contributed by atoms with Crippen molar-refractivity contribution in [3.05, 3.63) is 53.6 Å². The molecule has 1 aromatic heterocycles. The van der Waals surface area contributed by atoms with Gasteiger partial charge in [0.25, 0.3) is 0 Å². The van der Waals surface area contributed by atoms with Crippen molar-refractivity contribution >= 4 is 15.5 Å². The Morgan fingerprint density at radius 3 is 2.70 bits per heavy atom. The van der Waals surface area contributed by atoms with E-state index in [9.17, 15) is 12.8 Å². The first-order valence-corrected chi connectivity index (χ1v) is 7.20. The van der Waals surface area contributed by atoms with Crippen LogP contribution < -0.4 is 5.73 Å². The van der Waals surface area contributed by atoms with E-state index >= 15 is 0 Å². The molecule has 0 aliphatic heterocycles. The molecule has 0 atom stereocenters. The zero-order chi connectivity index (χ0) is 14.8. The molecule has 7 heteroatoms. The Morgan fingerprint density at radius 2 is 2.05 bits per heavy atom. The van der Waals surface area contributed by atoms with Crippen LogP contribution in [0.5, 0.6) is 0 Å². The molecule has 0 amide bonds. The van der Waals surface area contributed by atoms with Crippen LogP contribution in [0.25, 0.3) is 0 Å². The van der Waals surface area contributed by atoms with Crippen LogP contribution in [0.3, 0.4) is 0 Å². The van der Waals surface area contributed by atoms with E-state index in [2.05, 4.69) is 4.98 Å². The maximum atomic E-state index is 12.9. The van der Waals surface area contributed by atoms with E-state index in [0.29, 0.717) is 5.56 Å². The standard InChI is InChI=1S/C13H10FN3O2S/c14-10-1-2-13(12(16)6-10)20(18,19)8-9-3-4-17-11(5-9)7-15/h1-6H,8,16H2. The second-order valence-corrected chi connectivity index (χ2v) is 6.06. The Morgan fingerprint density at radius 1 is 1.30 bits per heavy atom. The first-order chi connectivity index (χ1) is 9.42. The normalized spacial score (nSPS) is 11.0. The molecule has 0 aliphatic carbocycles. The summed E-state index contributed by atoms with van der Waals surface area (Å²) in [5.74, 6) is -0.933. The minimum Gasteiger partial charge on any atom is -0.398 e. The number of hydrogen-bond acceptors (Lipinski definition) is 5. The third-order valence-corrected chi connectivity index (χ3v) is 4.36. The average Bonchev–Trinajstić information content (AvgIpc) is 2.37. The SMILES string of the molecule is N#Cc1cc(CS(=O)(=O)c2ccc(F)cc2N)ccn1. The summed E-state index contributed by atoms with van der Waals surface area (Å²) in [6.45, 7) is 0. The fourth-order valence-corrected chi connectivity index (χ4v) is 3.19. The number of sulfone groups is 1. The van der Waals surface area contributed by atoms with Crippen LogP contribution in [0.1, 0.15) is 11.3 Å². The molecule has 0 radical (unpaired) electrons. The van der Waals surface area contributed by atoms with Crippen molar-refractivity contribution in [3.63, 3.8) is 0 Å². The number of rotatable bonds is 3. The third-order valence-electron chi connectivity index (χ3n) is 2.60. The lowest BCUT2D eigenvalue weighted by atomic mass is 10.2. The minimum absolute atomic E-state index is 0.129. The van der Waals surface area contributed by atoms with E-state index in [1.54, 1.807) is 0 Å². The van der Waals surface area contributed by atoms with Gasteiger partial charge in [-0.1, -0.05) is 0 Å². The molecule has 102 valence electrons. The van der Waals surface area contributed by atoms with Gasteiger partial charge in [-0.15, -0.1) is 0 Å². The second-order valence-electron chi connectivity index (χ2n) is 4.10. The third kappa shape index (κ3) is 2.92. The summed E-state index contributed by atoms with van der Waals surface area (Å²) in [6, 6.07) is 7.84. The van der Waals surface area contributed by atoms with Gasteiger partial charge in [0.1, 0.15) is 17.6 Å². The largest absolute Gasteiger partial charge is 0.398 e. The molecule has 2 rings (SSSR count). The number of nitrogens with zero attached hydrogens (tertiary/aromatic N) is 2. The first-order valence-electron chi connectivity index (χ1n) is 5.55. The maximum Gasteiger partial charge on any atom is 0.184 e. The van der Waals surface area contributed by atoms with Gasteiger partial charge in [-0.05, 0) is 35.9 Å². The molecule has 2 aromatic rings. The van der Waals surface area contributed by atoms with E-state index < -0.39 is 15.7 Å². The Balaban J connectivity index is 2.38. The van der Waals surface area contributed by atoms with Gasteiger partial charge in [0.15, 0.2) is 9.84 Å². The van der Waals surface area contributed by atoms with Crippen LogP contribution in [0.4, 0.5) is 10.1 Å². The van der Waals surface area contributed by atoms with Crippen LogP contribution >= 0.6 is 0 Å². The topological polar surface area (TPSA) is 96.8 Å².